The van der Waals surface area contributed by atoms with E-state index in [0.29, 0.717) is 19.5 Å². The summed E-state index contributed by atoms with van der Waals surface area (Å²) in [4.78, 5) is 24.0. The standard InChI is InChI=1S/C23H21N5O/c1-27-14-20(13-25-27)18-10-17-11-19-15-28(8-7-21(19)26-23(17)24-12-18)22(29)9-16-5-3-2-4-6-16/h2-6,10-14H,7-9,15H2,1H3. The molecule has 1 aliphatic heterocycles. The number of benzene rings is 1. The van der Waals surface area contributed by atoms with Crippen LogP contribution in [-0.4, -0.2) is 37.1 Å². The van der Waals surface area contributed by atoms with Crippen molar-refractivity contribution in [2.45, 2.75) is 19.4 Å². The molecule has 0 unspecified atom stereocenters. The number of fused-ring (bicyclic) bond motifs is 2. The molecule has 4 heterocycles. The van der Waals surface area contributed by atoms with E-state index in [9.17, 15) is 4.79 Å². The molecule has 0 N–H and O–H groups in total. The molecular formula is C23H21N5O. The number of carbonyl (C=O) groups is 1. The van der Waals surface area contributed by atoms with Gasteiger partial charge in [0.2, 0.25) is 5.91 Å². The van der Waals surface area contributed by atoms with Gasteiger partial charge in [0, 0.05) is 61.2 Å². The van der Waals surface area contributed by atoms with Crippen LogP contribution in [0.3, 0.4) is 0 Å². The average molecular weight is 383 g/mol. The van der Waals surface area contributed by atoms with Crippen LogP contribution in [0.25, 0.3) is 22.2 Å². The topological polar surface area (TPSA) is 63.9 Å². The van der Waals surface area contributed by atoms with Crippen molar-refractivity contribution in [2.75, 3.05) is 6.54 Å². The molecule has 0 bridgehead atoms. The minimum Gasteiger partial charge on any atom is -0.338 e. The highest BCUT2D eigenvalue weighted by atomic mass is 16.2. The molecule has 1 aromatic carbocycles. The van der Waals surface area contributed by atoms with Gasteiger partial charge in [-0.15, -0.1) is 0 Å². The Morgan fingerprint density at radius 2 is 1.97 bits per heavy atom. The fraction of sp³-hybridized carbons (Fsp3) is 0.217. The molecule has 0 aliphatic carbocycles. The second-order valence-electron chi connectivity index (χ2n) is 7.50. The number of hydrogen-bond donors (Lipinski definition) is 0. The van der Waals surface area contributed by atoms with Crippen LogP contribution in [0.15, 0.2) is 61.1 Å². The monoisotopic (exact) mass is 383 g/mol. The number of rotatable bonds is 3. The van der Waals surface area contributed by atoms with E-state index in [1.165, 1.54) is 0 Å². The predicted octanol–water partition coefficient (Wildman–Crippen LogP) is 3.16. The number of pyridine rings is 2. The summed E-state index contributed by atoms with van der Waals surface area (Å²) in [7, 11) is 1.90. The van der Waals surface area contributed by atoms with Crippen LogP contribution in [0.2, 0.25) is 0 Å². The van der Waals surface area contributed by atoms with E-state index in [0.717, 1.165) is 45.4 Å². The predicted molar refractivity (Wildman–Crippen MR) is 111 cm³/mol. The molecule has 0 saturated heterocycles. The zero-order chi connectivity index (χ0) is 19.8. The fourth-order valence-electron chi connectivity index (χ4n) is 3.85. The van der Waals surface area contributed by atoms with Crippen molar-refractivity contribution < 1.29 is 4.79 Å². The van der Waals surface area contributed by atoms with Gasteiger partial charge in [0.25, 0.3) is 0 Å². The molecular weight excluding hydrogens is 362 g/mol. The summed E-state index contributed by atoms with van der Waals surface area (Å²) in [5, 5.41) is 5.22. The SMILES string of the molecule is Cn1cc(-c2cnc3nc4c(cc3c2)CN(C(=O)Cc2ccccc2)CC4)cn1. The molecule has 6 heteroatoms. The van der Waals surface area contributed by atoms with Crippen LogP contribution in [0.5, 0.6) is 0 Å². The Morgan fingerprint density at radius 3 is 2.76 bits per heavy atom. The van der Waals surface area contributed by atoms with Crippen LogP contribution >= 0.6 is 0 Å². The summed E-state index contributed by atoms with van der Waals surface area (Å²) >= 11 is 0. The van der Waals surface area contributed by atoms with Crippen molar-refractivity contribution >= 4 is 16.9 Å². The molecule has 0 spiro atoms. The Morgan fingerprint density at radius 1 is 1.10 bits per heavy atom. The molecule has 0 radical (unpaired) electrons. The quantitative estimate of drug-likeness (QED) is 0.545. The molecule has 0 fully saturated rings. The normalized spacial score (nSPS) is 13.5. The van der Waals surface area contributed by atoms with Gasteiger partial charge in [0.1, 0.15) is 0 Å². The maximum Gasteiger partial charge on any atom is 0.227 e. The van der Waals surface area contributed by atoms with Crippen LogP contribution in [0.1, 0.15) is 16.8 Å². The lowest BCUT2D eigenvalue weighted by molar-refractivity contribution is -0.131. The van der Waals surface area contributed by atoms with Gasteiger partial charge in [-0.2, -0.15) is 5.10 Å². The molecule has 144 valence electrons. The average Bonchev–Trinajstić information content (AvgIpc) is 3.18. The molecule has 3 aromatic heterocycles. The number of aromatic nitrogens is 4. The first kappa shape index (κ1) is 17.6. The first-order valence-electron chi connectivity index (χ1n) is 9.75. The van der Waals surface area contributed by atoms with Crippen molar-refractivity contribution in [1.29, 1.82) is 0 Å². The number of aryl methyl sites for hydroxylation is 1. The van der Waals surface area contributed by atoms with Crippen molar-refractivity contribution in [2.24, 2.45) is 7.05 Å². The highest BCUT2D eigenvalue weighted by molar-refractivity contribution is 5.82. The molecule has 1 amide bonds. The van der Waals surface area contributed by atoms with E-state index in [4.69, 9.17) is 4.98 Å². The molecule has 0 atom stereocenters. The summed E-state index contributed by atoms with van der Waals surface area (Å²) in [6.45, 7) is 1.30. The van der Waals surface area contributed by atoms with Gasteiger partial charge >= 0.3 is 0 Å². The van der Waals surface area contributed by atoms with E-state index < -0.39 is 0 Å². The van der Waals surface area contributed by atoms with Crippen molar-refractivity contribution in [3.05, 3.63) is 77.9 Å². The largest absolute Gasteiger partial charge is 0.338 e. The van der Waals surface area contributed by atoms with Crippen molar-refractivity contribution in [3.8, 4) is 11.1 Å². The second-order valence-corrected chi connectivity index (χ2v) is 7.50. The lowest BCUT2D eigenvalue weighted by Gasteiger charge is -2.28. The minimum atomic E-state index is 0.157. The van der Waals surface area contributed by atoms with E-state index in [2.05, 4.69) is 22.2 Å². The Hall–Kier alpha value is -3.54. The van der Waals surface area contributed by atoms with Crippen LogP contribution in [0, 0.1) is 0 Å². The third-order valence-corrected chi connectivity index (χ3v) is 5.41. The highest BCUT2D eigenvalue weighted by Gasteiger charge is 2.22. The zero-order valence-corrected chi connectivity index (χ0v) is 16.2. The van der Waals surface area contributed by atoms with Gasteiger partial charge in [-0.25, -0.2) is 9.97 Å². The van der Waals surface area contributed by atoms with Gasteiger partial charge in [0.05, 0.1) is 12.6 Å². The van der Waals surface area contributed by atoms with Gasteiger partial charge in [-0.05, 0) is 23.3 Å². The summed E-state index contributed by atoms with van der Waals surface area (Å²) < 4.78 is 1.78. The second kappa shape index (κ2) is 7.13. The maximum atomic E-state index is 12.8. The number of nitrogens with zero attached hydrogens (tertiary/aromatic N) is 5. The van der Waals surface area contributed by atoms with E-state index in [-0.39, 0.29) is 5.91 Å². The molecule has 1 aliphatic rings. The molecule has 5 rings (SSSR count). The van der Waals surface area contributed by atoms with Crippen molar-refractivity contribution in [1.82, 2.24) is 24.6 Å². The summed E-state index contributed by atoms with van der Waals surface area (Å²) in [6.07, 6.45) is 6.84. The molecule has 4 aromatic rings. The van der Waals surface area contributed by atoms with E-state index >= 15 is 0 Å². The maximum absolute atomic E-state index is 12.8. The van der Waals surface area contributed by atoms with Gasteiger partial charge in [0.15, 0.2) is 5.65 Å². The van der Waals surface area contributed by atoms with Gasteiger partial charge in [-0.3, -0.25) is 9.48 Å². The third-order valence-electron chi connectivity index (χ3n) is 5.41. The Bertz CT molecular complexity index is 1200. The van der Waals surface area contributed by atoms with E-state index in [1.54, 1.807) is 4.68 Å². The Balaban J connectivity index is 1.41. The summed E-state index contributed by atoms with van der Waals surface area (Å²) in [5.41, 5.74) is 5.99. The molecule has 6 nitrogen and oxygen atoms in total. The lowest BCUT2D eigenvalue weighted by Crippen LogP contribution is -2.37. The van der Waals surface area contributed by atoms with Gasteiger partial charge < -0.3 is 4.90 Å². The van der Waals surface area contributed by atoms with Crippen LogP contribution in [-0.2, 0) is 31.2 Å². The number of hydrogen-bond acceptors (Lipinski definition) is 4. The van der Waals surface area contributed by atoms with Gasteiger partial charge in [-0.1, -0.05) is 30.3 Å². The molecule has 0 saturated carbocycles. The lowest BCUT2D eigenvalue weighted by atomic mass is 10.0. The van der Waals surface area contributed by atoms with E-state index in [1.807, 2.05) is 60.9 Å². The smallest absolute Gasteiger partial charge is 0.227 e. The number of amides is 1. The van der Waals surface area contributed by atoms with Crippen LogP contribution < -0.4 is 0 Å². The number of carbonyl (C=O) groups excluding carboxylic acids is 1. The first-order valence-corrected chi connectivity index (χ1v) is 9.75. The first-order chi connectivity index (χ1) is 14.2. The molecule has 29 heavy (non-hydrogen) atoms. The highest BCUT2D eigenvalue weighted by Crippen LogP contribution is 2.26. The zero-order valence-electron chi connectivity index (χ0n) is 16.2. The van der Waals surface area contributed by atoms with Crippen LogP contribution in [0.4, 0.5) is 0 Å². The summed E-state index contributed by atoms with van der Waals surface area (Å²) in [5.74, 6) is 0.157. The Labute approximate surface area is 168 Å². The van der Waals surface area contributed by atoms with Crippen molar-refractivity contribution in [3.63, 3.8) is 0 Å². The minimum absolute atomic E-state index is 0.157. The third kappa shape index (κ3) is 3.49. The Kier molecular flexibility index (Phi) is 4.31. The fourth-order valence-corrected chi connectivity index (χ4v) is 3.85. The summed E-state index contributed by atoms with van der Waals surface area (Å²) in [6, 6.07) is 14.1.